The molecule has 1 N–H and O–H groups in total. The minimum atomic E-state index is -0.249. The van der Waals surface area contributed by atoms with E-state index in [1.54, 1.807) is 0 Å². The lowest BCUT2D eigenvalue weighted by molar-refractivity contribution is -0.124. The van der Waals surface area contributed by atoms with E-state index >= 15 is 0 Å². The first-order chi connectivity index (χ1) is 8.24. The third kappa shape index (κ3) is 2.00. The van der Waals surface area contributed by atoms with Gasteiger partial charge in [0.25, 0.3) is 5.91 Å². The summed E-state index contributed by atoms with van der Waals surface area (Å²) in [7, 11) is 0. The van der Waals surface area contributed by atoms with Gasteiger partial charge in [0.05, 0.1) is 6.42 Å². The molecule has 0 atom stereocenters. The van der Waals surface area contributed by atoms with Gasteiger partial charge in [-0.1, -0.05) is 24.3 Å². The summed E-state index contributed by atoms with van der Waals surface area (Å²) in [6.45, 7) is 0. The number of hydrogen-bond acceptors (Lipinski definition) is 2. The third-order valence-corrected chi connectivity index (χ3v) is 3.24. The number of benzene rings is 1. The fraction of sp³-hybridized carbons (Fsp3) is 0.286. The molecule has 1 aromatic carbocycles. The number of carbonyl (C=O) groups is 2. The molecule has 17 heavy (non-hydrogen) atoms. The van der Waals surface area contributed by atoms with Gasteiger partial charge in [0.15, 0.2) is 0 Å². The zero-order valence-electron chi connectivity index (χ0n) is 9.40. The van der Waals surface area contributed by atoms with Crippen LogP contribution in [-0.4, -0.2) is 11.8 Å². The van der Waals surface area contributed by atoms with Crippen molar-refractivity contribution in [1.82, 2.24) is 5.32 Å². The van der Waals surface area contributed by atoms with E-state index in [1.165, 1.54) is 18.4 Å². The summed E-state index contributed by atoms with van der Waals surface area (Å²) < 4.78 is 0. The number of nitrogens with one attached hydrogen (secondary N) is 1. The van der Waals surface area contributed by atoms with Crippen molar-refractivity contribution in [2.75, 3.05) is 0 Å². The molecule has 1 saturated carbocycles. The molecule has 2 fully saturated rings. The van der Waals surface area contributed by atoms with Crippen molar-refractivity contribution in [2.45, 2.75) is 25.2 Å². The van der Waals surface area contributed by atoms with Crippen molar-refractivity contribution in [2.24, 2.45) is 0 Å². The molecule has 3 heteroatoms. The third-order valence-electron chi connectivity index (χ3n) is 3.24. The zero-order valence-corrected chi connectivity index (χ0v) is 9.40. The Morgan fingerprint density at radius 1 is 1.18 bits per heavy atom. The van der Waals surface area contributed by atoms with Crippen LogP contribution in [-0.2, 0) is 9.59 Å². The van der Waals surface area contributed by atoms with Crippen LogP contribution in [0, 0.1) is 0 Å². The van der Waals surface area contributed by atoms with E-state index in [-0.39, 0.29) is 18.2 Å². The van der Waals surface area contributed by atoms with E-state index in [9.17, 15) is 9.59 Å². The van der Waals surface area contributed by atoms with Crippen LogP contribution < -0.4 is 5.32 Å². The van der Waals surface area contributed by atoms with Crippen molar-refractivity contribution in [1.29, 1.82) is 0 Å². The number of imide groups is 1. The van der Waals surface area contributed by atoms with Crippen LogP contribution in [0.1, 0.15) is 36.3 Å². The normalized spacial score (nSPS) is 22.0. The Morgan fingerprint density at radius 3 is 2.59 bits per heavy atom. The summed E-state index contributed by atoms with van der Waals surface area (Å²) in [5.74, 6) is 0.189. The maximum atomic E-state index is 11.5. The molecule has 86 valence electrons. The van der Waals surface area contributed by atoms with E-state index in [1.807, 2.05) is 24.3 Å². The lowest BCUT2D eigenvalue weighted by Gasteiger charge is -2.04. The van der Waals surface area contributed by atoms with Gasteiger partial charge in [0.2, 0.25) is 5.91 Å². The molecule has 2 amide bonds. The van der Waals surface area contributed by atoms with Gasteiger partial charge in [-0.15, -0.1) is 0 Å². The highest BCUT2D eigenvalue weighted by Crippen LogP contribution is 2.42. The highest BCUT2D eigenvalue weighted by atomic mass is 16.2. The first-order valence-electron chi connectivity index (χ1n) is 5.88. The molecule has 0 bridgehead atoms. The van der Waals surface area contributed by atoms with Crippen LogP contribution in [0.4, 0.5) is 0 Å². The average Bonchev–Trinajstić information content (AvgIpc) is 3.08. The van der Waals surface area contributed by atoms with E-state index in [4.69, 9.17) is 0 Å². The van der Waals surface area contributed by atoms with Gasteiger partial charge in [-0.2, -0.15) is 0 Å². The summed E-state index contributed by atoms with van der Waals surface area (Å²) in [4.78, 5) is 22.6. The number of carbonyl (C=O) groups excluding carboxylic acids is 2. The largest absolute Gasteiger partial charge is 0.292 e. The van der Waals surface area contributed by atoms with Crippen LogP contribution in [0.25, 0.3) is 6.08 Å². The lowest BCUT2D eigenvalue weighted by atomic mass is 10.0. The van der Waals surface area contributed by atoms with E-state index in [0.717, 1.165) is 5.56 Å². The fourth-order valence-electron chi connectivity index (χ4n) is 2.22. The quantitative estimate of drug-likeness (QED) is 0.620. The van der Waals surface area contributed by atoms with Crippen LogP contribution in [0.3, 0.4) is 0 Å². The van der Waals surface area contributed by atoms with E-state index in [2.05, 4.69) is 11.4 Å². The predicted octanol–water partition coefficient (Wildman–Crippen LogP) is 1.99. The van der Waals surface area contributed by atoms with Crippen LogP contribution in [0.5, 0.6) is 0 Å². The van der Waals surface area contributed by atoms with Crippen molar-refractivity contribution in [3.05, 3.63) is 41.0 Å². The summed E-state index contributed by atoms with van der Waals surface area (Å²) in [5.41, 5.74) is 2.95. The molecule has 3 nitrogen and oxygen atoms in total. The monoisotopic (exact) mass is 227 g/mol. The first-order valence-corrected chi connectivity index (χ1v) is 5.88. The zero-order chi connectivity index (χ0) is 11.8. The Morgan fingerprint density at radius 2 is 1.94 bits per heavy atom. The highest BCUT2D eigenvalue weighted by molar-refractivity contribution is 6.15. The smallest absolute Gasteiger partial charge is 0.254 e. The molecule has 3 rings (SSSR count). The van der Waals surface area contributed by atoms with E-state index in [0.29, 0.717) is 11.5 Å². The minimum Gasteiger partial charge on any atom is -0.292 e. The van der Waals surface area contributed by atoms with Crippen molar-refractivity contribution in [3.63, 3.8) is 0 Å². The molecular formula is C14H13NO2. The van der Waals surface area contributed by atoms with Crippen LogP contribution in [0.2, 0.25) is 0 Å². The maximum absolute atomic E-state index is 11.5. The van der Waals surface area contributed by atoms with E-state index < -0.39 is 0 Å². The lowest BCUT2D eigenvalue weighted by Crippen LogP contribution is -2.19. The van der Waals surface area contributed by atoms with Crippen molar-refractivity contribution >= 4 is 17.9 Å². The van der Waals surface area contributed by atoms with Crippen LogP contribution in [0.15, 0.2) is 29.8 Å². The second-order valence-electron chi connectivity index (χ2n) is 4.63. The minimum absolute atomic E-state index is 0.204. The maximum Gasteiger partial charge on any atom is 0.254 e. The second kappa shape index (κ2) is 3.84. The summed E-state index contributed by atoms with van der Waals surface area (Å²) in [6, 6.07) is 8.11. The fourth-order valence-corrected chi connectivity index (χ4v) is 2.22. The number of hydrogen-bond donors (Lipinski definition) is 1. The van der Waals surface area contributed by atoms with Gasteiger partial charge in [0, 0.05) is 5.57 Å². The van der Waals surface area contributed by atoms with Crippen molar-refractivity contribution in [3.8, 4) is 0 Å². The Kier molecular flexibility index (Phi) is 2.32. The second-order valence-corrected chi connectivity index (χ2v) is 4.63. The molecule has 1 aromatic rings. The van der Waals surface area contributed by atoms with Gasteiger partial charge in [0.1, 0.15) is 0 Å². The molecule has 0 aromatic heterocycles. The molecule has 0 spiro atoms. The SMILES string of the molecule is O=C1CC(=Cc2ccccc2C2CC2)C(=O)N1. The highest BCUT2D eigenvalue weighted by Gasteiger charge is 2.27. The first kappa shape index (κ1) is 10.3. The molecule has 1 saturated heterocycles. The Balaban J connectivity index is 1.97. The topological polar surface area (TPSA) is 46.2 Å². The molecule has 1 aliphatic carbocycles. The molecule has 2 aliphatic rings. The van der Waals surface area contributed by atoms with Gasteiger partial charge in [-0.3, -0.25) is 14.9 Å². The van der Waals surface area contributed by atoms with Crippen molar-refractivity contribution < 1.29 is 9.59 Å². The summed E-state index contributed by atoms with van der Waals surface area (Å²) >= 11 is 0. The molecule has 1 aliphatic heterocycles. The Hall–Kier alpha value is -1.90. The molecular weight excluding hydrogens is 214 g/mol. The molecule has 0 unspecified atom stereocenters. The van der Waals surface area contributed by atoms with Gasteiger partial charge >= 0.3 is 0 Å². The predicted molar refractivity (Wildman–Crippen MR) is 64.2 cm³/mol. The average molecular weight is 227 g/mol. The summed E-state index contributed by atoms with van der Waals surface area (Å²) in [5, 5.41) is 2.31. The molecule has 0 radical (unpaired) electrons. The number of rotatable bonds is 2. The summed E-state index contributed by atoms with van der Waals surface area (Å²) in [6.07, 6.45) is 4.52. The van der Waals surface area contributed by atoms with Gasteiger partial charge < -0.3 is 0 Å². The Bertz CT molecular complexity index is 527. The number of amides is 2. The van der Waals surface area contributed by atoms with Gasteiger partial charge in [-0.25, -0.2) is 0 Å². The van der Waals surface area contributed by atoms with Gasteiger partial charge in [-0.05, 0) is 36.0 Å². The molecule has 1 heterocycles. The standard InChI is InChI=1S/C14H13NO2/c16-13-8-11(14(17)15-13)7-10-3-1-2-4-12(10)9-5-6-9/h1-4,7,9H,5-6,8H2,(H,15,16,17). The van der Waals surface area contributed by atoms with Crippen LogP contribution >= 0.6 is 0 Å². The Labute approximate surface area is 99.5 Å².